The second-order valence-electron chi connectivity index (χ2n) is 6.06. The van der Waals surface area contributed by atoms with Crippen LogP contribution in [0.15, 0.2) is 35.4 Å². The van der Waals surface area contributed by atoms with E-state index in [0.717, 1.165) is 25.1 Å². The number of rotatable bonds is 6. The maximum Gasteiger partial charge on any atom is 0.269 e. The zero-order valence-electron chi connectivity index (χ0n) is 12.9. The number of carbonyl (C=O) groups is 1. The number of H-pyrrole nitrogens is 1. The molecule has 1 aliphatic carbocycles. The fourth-order valence-corrected chi connectivity index (χ4v) is 2.75. The third-order valence-corrected chi connectivity index (χ3v) is 4.21. The summed E-state index contributed by atoms with van der Waals surface area (Å²) in [5, 5.41) is 2.75. The first-order valence-corrected chi connectivity index (χ1v) is 7.79. The van der Waals surface area contributed by atoms with Crippen LogP contribution in [0, 0.1) is 23.5 Å². The molecule has 0 saturated heterocycles. The molecule has 1 heterocycles. The van der Waals surface area contributed by atoms with Gasteiger partial charge in [0.15, 0.2) is 0 Å². The Hall–Kier alpha value is -2.57. The van der Waals surface area contributed by atoms with E-state index in [1.165, 1.54) is 18.3 Å². The molecule has 2 aromatic rings. The van der Waals surface area contributed by atoms with Gasteiger partial charge in [0.2, 0.25) is 0 Å². The molecule has 1 unspecified atom stereocenters. The zero-order valence-corrected chi connectivity index (χ0v) is 12.9. The van der Waals surface area contributed by atoms with Crippen LogP contribution < -0.4 is 10.9 Å². The van der Waals surface area contributed by atoms with E-state index >= 15 is 0 Å². The van der Waals surface area contributed by atoms with Crippen molar-refractivity contribution in [3.05, 3.63) is 63.8 Å². The normalized spacial score (nSPS) is 15.1. The lowest BCUT2D eigenvalue weighted by Gasteiger charge is -2.17. The second-order valence-corrected chi connectivity index (χ2v) is 6.06. The highest BCUT2D eigenvalue weighted by atomic mass is 19.1. The van der Waals surface area contributed by atoms with Crippen LogP contribution in [-0.2, 0) is 6.42 Å². The molecule has 24 heavy (non-hydrogen) atoms. The Morgan fingerprint density at radius 3 is 2.79 bits per heavy atom. The van der Waals surface area contributed by atoms with Gasteiger partial charge in [-0.2, -0.15) is 0 Å². The molecule has 1 fully saturated rings. The molecule has 0 radical (unpaired) electrons. The van der Waals surface area contributed by atoms with Gasteiger partial charge in [-0.25, -0.2) is 8.78 Å². The van der Waals surface area contributed by atoms with Gasteiger partial charge in [-0.3, -0.25) is 14.6 Å². The summed E-state index contributed by atoms with van der Waals surface area (Å²) < 4.78 is 26.8. The minimum absolute atomic E-state index is 0.0669. The molecule has 0 aliphatic heterocycles. The molecular formula is C17H17F2N3O2. The third-order valence-electron chi connectivity index (χ3n) is 4.21. The van der Waals surface area contributed by atoms with E-state index < -0.39 is 23.1 Å². The van der Waals surface area contributed by atoms with Crippen LogP contribution in [-0.4, -0.2) is 22.4 Å². The van der Waals surface area contributed by atoms with Crippen molar-refractivity contribution in [3.63, 3.8) is 0 Å². The summed E-state index contributed by atoms with van der Waals surface area (Å²) in [4.78, 5) is 29.3. The number of carbonyl (C=O) groups excluding carboxylic acids is 1. The number of hydrogen-bond donors (Lipinski definition) is 2. The fraction of sp³-hybridized carbons (Fsp3) is 0.353. The number of nitrogens with one attached hydrogen (secondary N) is 2. The Morgan fingerprint density at radius 2 is 2.12 bits per heavy atom. The summed E-state index contributed by atoms with van der Waals surface area (Å²) in [5.74, 6) is -1.11. The smallest absolute Gasteiger partial charge is 0.269 e. The highest BCUT2D eigenvalue weighted by Crippen LogP contribution is 2.38. The Bertz CT molecular complexity index is 802. The predicted molar refractivity (Wildman–Crippen MR) is 83.5 cm³/mol. The number of amides is 1. The van der Waals surface area contributed by atoms with Gasteiger partial charge in [0.1, 0.15) is 17.3 Å². The van der Waals surface area contributed by atoms with Crippen LogP contribution in [0.1, 0.15) is 28.9 Å². The van der Waals surface area contributed by atoms with Crippen molar-refractivity contribution < 1.29 is 13.6 Å². The lowest BCUT2D eigenvalue weighted by atomic mass is 9.94. The van der Waals surface area contributed by atoms with E-state index in [1.807, 2.05) is 0 Å². The SMILES string of the molecule is O=C(NCC(Cc1ccc(F)cc1F)C1CC1)c1cncc(=O)[nH]1. The van der Waals surface area contributed by atoms with Gasteiger partial charge in [0, 0.05) is 12.6 Å². The highest BCUT2D eigenvalue weighted by molar-refractivity contribution is 5.91. The Morgan fingerprint density at radius 1 is 1.33 bits per heavy atom. The molecule has 0 bridgehead atoms. The van der Waals surface area contributed by atoms with Crippen LogP contribution in [0.25, 0.3) is 0 Å². The van der Waals surface area contributed by atoms with Gasteiger partial charge >= 0.3 is 0 Å². The number of benzene rings is 1. The van der Waals surface area contributed by atoms with Crippen LogP contribution in [0.5, 0.6) is 0 Å². The standard InChI is InChI=1S/C17H17F2N3O2/c18-13-4-3-11(14(19)6-13)5-12(10-1-2-10)7-21-17(24)15-8-20-9-16(23)22-15/h3-4,6,8-10,12H,1-2,5,7H2,(H,21,24)(H,22,23). The maximum atomic E-state index is 13.8. The Kier molecular flexibility index (Phi) is 4.69. The largest absolute Gasteiger partial charge is 0.350 e. The topological polar surface area (TPSA) is 74.8 Å². The lowest BCUT2D eigenvalue weighted by Crippen LogP contribution is -2.32. The number of nitrogens with zero attached hydrogens (tertiary/aromatic N) is 1. The van der Waals surface area contributed by atoms with E-state index in [9.17, 15) is 18.4 Å². The van der Waals surface area contributed by atoms with Gasteiger partial charge in [-0.1, -0.05) is 6.07 Å². The summed E-state index contributed by atoms with van der Waals surface area (Å²) in [6.45, 7) is 0.358. The maximum absolute atomic E-state index is 13.8. The monoisotopic (exact) mass is 333 g/mol. The van der Waals surface area contributed by atoms with E-state index in [0.29, 0.717) is 24.4 Å². The average Bonchev–Trinajstić information content (AvgIpc) is 3.38. The summed E-state index contributed by atoms with van der Waals surface area (Å²) >= 11 is 0. The van der Waals surface area contributed by atoms with E-state index in [2.05, 4.69) is 15.3 Å². The predicted octanol–water partition coefficient (Wildman–Crippen LogP) is 2.05. The average molecular weight is 333 g/mol. The van der Waals surface area contributed by atoms with Crippen LogP contribution in [0.4, 0.5) is 8.78 Å². The first-order chi connectivity index (χ1) is 11.5. The van der Waals surface area contributed by atoms with Crippen molar-refractivity contribution >= 4 is 5.91 Å². The summed E-state index contributed by atoms with van der Waals surface area (Å²) in [7, 11) is 0. The molecule has 126 valence electrons. The van der Waals surface area contributed by atoms with E-state index in [1.54, 1.807) is 0 Å². The van der Waals surface area contributed by atoms with Gasteiger partial charge in [0.25, 0.3) is 11.5 Å². The van der Waals surface area contributed by atoms with Gasteiger partial charge in [-0.05, 0) is 42.7 Å². The highest BCUT2D eigenvalue weighted by Gasteiger charge is 2.32. The van der Waals surface area contributed by atoms with Crippen molar-refractivity contribution in [2.75, 3.05) is 6.54 Å². The number of aromatic nitrogens is 2. The Balaban J connectivity index is 1.64. The molecule has 1 atom stereocenters. The van der Waals surface area contributed by atoms with Gasteiger partial charge in [-0.15, -0.1) is 0 Å². The van der Waals surface area contributed by atoms with Crippen molar-refractivity contribution in [1.29, 1.82) is 0 Å². The summed E-state index contributed by atoms with van der Waals surface area (Å²) in [6, 6.07) is 3.56. The second kappa shape index (κ2) is 6.90. The molecule has 0 spiro atoms. The number of hydrogen-bond acceptors (Lipinski definition) is 3. The van der Waals surface area contributed by atoms with Gasteiger partial charge < -0.3 is 10.3 Å². The van der Waals surface area contributed by atoms with Crippen molar-refractivity contribution in [2.24, 2.45) is 11.8 Å². The summed E-state index contributed by atoms with van der Waals surface area (Å²) in [6.07, 6.45) is 4.87. The molecule has 5 nitrogen and oxygen atoms in total. The molecule has 1 aromatic heterocycles. The van der Waals surface area contributed by atoms with Crippen LogP contribution >= 0.6 is 0 Å². The molecule has 3 rings (SSSR count). The molecule has 1 aliphatic rings. The van der Waals surface area contributed by atoms with Crippen molar-refractivity contribution in [2.45, 2.75) is 19.3 Å². The minimum Gasteiger partial charge on any atom is -0.350 e. The summed E-state index contributed by atoms with van der Waals surface area (Å²) in [5.41, 5.74) is 0.0807. The number of halogens is 2. The molecule has 1 aromatic carbocycles. The van der Waals surface area contributed by atoms with Crippen LogP contribution in [0.3, 0.4) is 0 Å². The first-order valence-electron chi connectivity index (χ1n) is 7.79. The number of aromatic amines is 1. The lowest BCUT2D eigenvalue weighted by molar-refractivity contribution is 0.0939. The fourth-order valence-electron chi connectivity index (χ4n) is 2.75. The molecule has 1 amide bonds. The van der Waals surface area contributed by atoms with E-state index in [4.69, 9.17) is 0 Å². The van der Waals surface area contributed by atoms with Crippen molar-refractivity contribution in [1.82, 2.24) is 15.3 Å². The van der Waals surface area contributed by atoms with Gasteiger partial charge in [0.05, 0.1) is 12.4 Å². The van der Waals surface area contributed by atoms with Crippen molar-refractivity contribution in [3.8, 4) is 0 Å². The first kappa shape index (κ1) is 16.3. The van der Waals surface area contributed by atoms with Crippen LogP contribution in [0.2, 0.25) is 0 Å². The van der Waals surface area contributed by atoms with E-state index in [-0.39, 0.29) is 11.6 Å². The minimum atomic E-state index is -0.604. The molecule has 2 N–H and O–H groups in total. The molecular weight excluding hydrogens is 316 g/mol. The Labute approximate surface area is 137 Å². The molecule has 7 heteroatoms. The zero-order chi connectivity index (χ0) is 17.1. The third kappa shape index (κ3) is 4.04. The molecule has 1 saturated carbocycles. The quantitative estimate of drug-likeness (QED) is 0.849.